The van der Waals surface area contributed by atoms with Gasteiger partial charge < -0.3 is 0 Å². The van der Waals surface area contributed by atoms with Gasteiger partial charge in [-0.25, -0.2) is 0 Å². The van der Waals surface area contributed by atoms with E-state index in [2.05, 4.69) is 81.7 Å². The second-order valence-electron chi connectivity index (χ2n) is 6.73. The van der Waals surface area contributed by atoms with Crippen LogP contribution >= 0.6 is 0 Å². The van der Waals surface area contributed by atoms with Crippen molar-refractivity contribution in [1.82, 2.24) is 5.43 Å². The largest absolute Gasteiger partial charge is 0.271 e. The maximum absolute atomic E-state index is 5.77. The highest BCUT2D eigenvalue weighted by atomic mass is 15.2. The number of nitrogens with two attached hydrogens (primary N) is 1. The van der Waals surface area contributed by atoms with E-state index >= 15 is 0 Å². The van der Waals surface area contributed by atoms with Crippen molar-refractivity contribution in [3.8, 4) is 0 Å². The zero-order valence-corrected chi connectivity index (χ0v) is 13.5. The SMILES string of the molecule is Cc1ccccc1C(Cc1ccc(C(C)(C)C)cc1)NN. The average Bonchev–Trinajstić information content (AvgIpc) is 2.45. The van der Waals surface area contributed by atoms with Crippen molar-refractivity contribution < 1.29 is 0 Å². The van der Waals surface area contributed by atoms with Gasteiger partial charge in [0.1, 0.15) is 0 Å². The van der Waals surface area contributed by atoms with Gasteiger partial charge in [0, 0.05) is 0 Å². The summed E-state index contributed by atoms with van der Waals surface area (Å²) < 4.78 is 0. The third-order valence-electron chi connectivity index (χ3n) is 4.02. The van der Waals surface area contributed by atoms with Gasteiger partial charge in [-0.1, -0.05) is 69.3 Å². The highest BCUT2D eigenvalue weighted by molar-refractivity contribution is 5.32. The van der Waals surface area contributed by atoms with Crippen molar-refractivity contribution >= 4 is 0 Å². The summed E-state index contributed by atoms with van der Waals surface area (Å²) in [7, 11) is 0. The number of nitrogens with one attached hydrogen (secondary N) is 1. The van der Waals surface area contributed by atoms with Crippen LogP contribution < -0.4 is 11.3 Å². The molecule has 21 heavy (non-hydrogen) atoms. The van der Waals surface area contributed by atoms with Crippen LogP contribution in [0.3, 0.4) is 0 Å². The molecule has 3 N–H and O–H groups in total. The molecule has 0 aliphatic heterocycles. The Labute approximate surface area is 128 Å². The average molecular weight is 282 g/mol. The maximum Gasteiger partial charge on any atom is 0.0502 e. The highest BCUT2D eigenvalue weighted by Crippen LogP contribution is 2.25. The van der Waals surface area contributed by atoms with E-state index in [-0.39, 0.29) is 11.5 Å². The zero-order chi connectivity index (χ0) is 15.5. The van der Waals surface area contributed by atoms with Crippen molar-refractivity contribution in [1.29, 1.82) is 0 Å². The Hall–Kier alpha value is -1.64. The second-order valence-corrected chi connectivity index (χ2v) is 6.73. The lowest BCUT2D eigenvalue weighted by Crippen LogP contribution is -2.30. The second kappa shape index (κ2) is 6.42. The number of aryl methyl sites for hydroxylation is 1. The third kappa shape index (κ3) is 3.93. The summed E-state index contributed by atoms with van der Waals surface area (Å²) in [4.78, 5) is 0. The highest BCUT2D eigenvalue weighted by Gasteiger charge is 2.15. The fraction of sp³-hybridized carbons (Fsp3) is 0.368. The van der Waals surface area contributed by atoms with Crippen molar-refractivity contribution in [3.05, 3.63) is 70.8 Å². The van der Waals surface area contributed by atoms with Crippen molar-refractivity contribution in [2.24, 2.45) is 5.84 Å². The minimum atomic E-state index is 0.145. The normalized spacial score (nSPS) is 13.2. The molecule has 0 saturated carbocycles. The summed E-state index contributed by atoms with van der Waals surface area (Å²) >= 11 is 0. The van der Waals surface area contributed by atoms with Crippen LogP contribution in [0.25, 0.3) is 0 Å². The lowest BCUT2D eigenvalue weighted by atomic mass is 9.86. The molecule has 2 nitrogen and oxygen atoms in total. The topological polar surface area (TPSA) is 38.0 Å². The summed E-state index contributed by atoms with van der Waals surface area (Å²) in [6, 6.07) is 17.4. The quantitative estimate of drug-likeness (QED) is 0.656. The molecule has 0 amide bonds. The molecular formula is C19H26N2. The maximum atomic E-state index is 5.77. The summed E-state index contributed by atoms with van der Waals surface area (Å²) in [6.45, 7) is 8.83. The Balaban J connectivity index is 2.18. The number of rotatable bonds is 4. The van der Waals surface area contributed by atoms with Crippen molar-refractivity contribution in [3.63, 3.8) is 0 Å². The van der Waals surface area contributed by atoms with E-state index in [9.17, 15) is 0 Å². The Bertz CT molecular complexity index is 579. The Morgan fingerprint density at radius 2 is 1.62 bits per heavy atom. The van der Waals surface area contributed by atoms with Gasteiger partial charge in [0.15, 0.2) is 0 Å². The lowest BCUT2D eigenvalue weighted by molar-refractivity contribution is 0.548. The molecule has 2 aromatic rings. The zero-order valence-electron chi connectivity index (χ0n) is 13.5. The van der Waals surface area contributed by atoms with Crippen LogP contribution in [0.15, 0.2) is 48.5 Å². The van der Waals surface area contributed by atoms with E-state index in [0.717, 1.165) is 6.42 Å². The van der Waals surface area contributed by atoms with Crippen LogP contribution in [0.1, 0.15) is 49.1 Å². The van der Waals surface area contributed by atoms with Gasteiger partial charge >= 0.3 is 0 Å². The molecule has 112 valence electrons. The molecule has 0 saturated heterocycles. The smallest absolute Gasteiger partial charge is 0.0502 e. The fourth-order valence-electron chi connectivity index (χ4n) is 2.61. The molecule has 0 aromatic heterocycles. The molecule has 0 aliphatic rings. The number of benzene rings is 2. The van der Waals surface area contributed by atoms with Crippen LogP contribution in [0.2, 0.25) is 0 Å². The summed E-state index contributed by atoms with van der Waals surface area (Å²) in [5.74, 6) is 5.77. The van der Waals surface area contributed by atoms with Gasteiger partial charge in [-0.15, -0.1) is 0 Å². The van der Waals surface area contributed by atoms with Crippen LogP contribution in [-0.2, 0) is 11.8 Å². The first-order valence-corrected chi connectivity index (χ1v) is 7.53. The predicted molar refractivity (Wildman–Crippen MR) is 90.1 cm³/mol. The standard InChI is InChI=1S/C19H26N2/c1-14-7-5-6-8-17(14)18(21-20)13-15-9-11-16(12-10-15)19(2,3)4/h5-12,18,21H,13,20H2,1-4H3. The Morgan fingerprint density at radius 1 is 1.00 bits per heavy atom. The molecule has 0 bridgehead atoms. The number of hydrogen-bond acceptors (Lipinski definition) is 2. The molecule has 2 rings (SSSR count). The molecule has 0 radical (unpaired) electrons. The fourth-order valence-corrected chi connectivity index (χ4v) is 2.61. The van der Waals surface area contributed by atoms with Gasteiger partial charge in [-0.2, -0.15) is 0 Å². The molecule has 2 aromatic carbocycles. The first kappa shape index (κ1) is 15.7. The monoisotopic (exact) mass is 282 g/mol. The molecule has 0 aliphatic carbocycles. The molecule has 0 heterocycles. The van der Waals surface area contributed by atoms with E-state index in [1.165, 1.54) is 22.3 Å². The third-order valence-corrected chi connectivity index (χ3v) is 4.02. The first-order chi connectivity index (χ1) is 9.91. The summed E-state index contributed by atoms with van der Waals surface area (Å²) in [5, 5.41) is 0. The van der Waals surface area contributed by atoms with E-state index in [1.807, 2.05) is 0 Å². The van der Waals surface area contributed by atoms with Gasteiger partial charge in [0.2, 0.25) is 0 Å². The minimum absolute atomic E-state index is 0.145. The van der Waals surface area contributed by atoms with E-state index in [1.54, 1.807) is 0 Å². The van der Waals surface area contributed by atoms with Crippen molar-refractivity contribution in [2.75, 3.05) is 0 Å². The van der Waals surface area contributed by atoms with Gasteiger partial charge in [-0.05, 0) is 41.0 Å². The van der Waals surface area contributed by atoms with Gasteiger partial charge in [0.05, 0.1) is 6.04 Å². The van der Waals surface area contributed by atoms with Crippen LogP contribution in [0, 0.1) is 6.92 Å². The molecule has 1 unspecified atom stereocenters. The van der Waals surface area contributed by atoms with Crippen molar-refractivity contribution in [2.45, 2.75) is 45.6 Å². The van der Waals surface area contributed by atoms with Crippen LogP contribution in [-0.4, -0.2) is 0 Å². The molecule has 0 fully saturated rings. The van der Waals surface area contributed by atoms with E-state index in [0.29, 0.717) is 0 Å². The van der Waals surface area contributed by atoms with Gasteiger partial charge in [0.25, 0.3) is 0 Å². The Kier molecular flexibility index (Phi) is 4.81. The van der Waals surface area contributed by atoms with E-state index < -0.39 is 0 Å². The molecule has 1 atom stereocenters. The van der Waals surface area contributed by atoms with Crippen LogP contribution in [0.5, 0.6) is 0 Å². The molecule has 2 heteroatoms. The molecule has 0 spiro atoms. The Morgan fingerprint density at radius 3 is 2.14 bits per heavy atom. The summed E-state index contributed by atoms with van der Waals surface area (Å²) in [5.41, 5.74) is 8.34. The number of hydrazine groups is 1. The molecular weight excluding hydrogens is 256 g/mol. The number of hydrogen-bond donors (Lipinski definition) is 2. The lowest BCUT2D eigenvalue weighted by Gasteiger charge is -2.21. The minimum Gasteiger partial charge on any atom is -0.271 e. The van der Waals surface area contributed by atoms with Gasteiger partial charge in [-0.3, -0.25) is 11.3 Å². The summed E-state index contributed by atoms with van der Waals surface area (Å²) in [6.07, 6.45) is 0.895. The van der Waals surface area contributed by atoms with Crippen LogP contribution in [0.4, 0.5) is 0 Å². The predicted octanol–water partition coefficient (Wildman–Crippen LogP) is 4.04. The first-order valence-electron chi connectivity index (χ1n) is 7.53. The van der Waals surface area contributed by atoms with E-state index in [4.69, 9.17) is 5.84 Å².